The lowest BCUT2D eigenvalue weighted by Gasteiger charge is -2.11. The summed E-state index contributed by atoms with van der Waals surface area (Å²) in [7, 11) is 0. The van der Waals surface area contributed by atoms with Crippen molar-refractivity contribution in [1.29, 1.82) is 0 Å². The van der Waals surface area contributed by atoms with Gasteiger partial charge >= 0.3 is 0 Å². The molecule has 1 heterocycles. The molecule has 0 unspecified atom stereocenters. The molecule has 0 saturated carbocycles. The third kappa shape index (κ3) is 2.08. The van der Waals surface area contributed by atoms with Gasteiger partial charge < -0.3 is 5.73 Å². The maximum atomic E-state index is 13.8. The Bertz CT molecular complexity index is 541. The summed E-state index contributed by atoms with van der Waals surface area (Å²) < 4.78 is 13.8. The average Bonchev–Trinajstić information content (AvgIpc) is 2.21. The minimum Gasteiger partial charge on any atom is -0.383 e. The molecule has 0 spiro atoms. The zero-order valence-corrected chi connectivity index (χ0v) is 10.2. The Hall–Kier alpha value is -1.68. The molecule has 1 aromatic heterocycles. The van der Waals surface area contributed by atoms with Crippen LogP contribution in [0, 0.1) is 19.7 Å². The van der Waals surface area contributed by atoms with Crippen LogP contribution in [0.5, 0.6) is 0 Å². The molecule has 5 heteroatoms. The molecular formula is C12H11ClFN3. The number of aryl methyl sites for hydroxylation is 2. The SMILES string of the molecule is Cc1nc(C)c(-c2c(F)cccc2Cl)c(N)n1. The zero-order chi connectivity index (χ0) is 12.6. The fourth-order valence-electron chi connectivity index (χ4n) is 1.78. The Morgan fingerprint density at radius 1 is 1.18 bits per heavy atom. The first-order valence-corrected chi connectivity index (χ1v) is 5.43. The van der Waals surface area contributed by atoms with Crippen LogP contribution in [0.3, 0.4) is 0 Å². The van der Waals surface area contributed by atoms with E-state index in [0.29, 0.717) is 22.1 Å². The van der Waals surface area contributed by atoms with Gasteiger partial charge in [-0.15, -0.1) is 0 Å². The van der Waals surface area contributed by atoms with Crippen molar-refractivity contribution in [3.05, 3.63) is 40.6 Å². The van der Waals surface area contributed by atoms with Crippen LogP contribution in [-0.4, -0.2) is 9.97 Å². The highest BCUT2D eigenvalue weighted by molar-refractivity contribution is 6.33. The highest BCUT2D eigenvalue weighted by Gasteiger charge is 2.16. The van der Waals surface area contributed by atoms with Crippen LogP contribution < -0.4 is 5.73 Å². The first-order valence-electron chi connectivity index (χ1n) is 5.06. The quantitative estimate of drug-likeness (QED) is 0.847. The Morgan fingerprint density at radius 2 is 1.88 bits per heavy atom. The number of anilines is 1. The predicted octanol–water partition coefficient (Wildman–Crippen LogP) is 3.14. The molecule has 0 radical (unpaired) electrons. The van der Waals surface area contributed by atoms with Gasteiger partial charge in [-0.3, -0.25) is 0 Å². The van der Waals surface area contributed by atoms with Gasteiger partial charge in [-0.05, 0) is 26.0 Å². The van der Waals surface area contributed by atoms with Crippen LogP contribution in [0.2, 0.25) is 5.02 Å². The van der Waals surface area contributed by atoms with Gasteiger partial charge in [0.05, 0.1) is 10.7 Å². The lowest BCUT2D eigenvalue weighted by atomic mass is 10.0. The fraction of sp³-hybridized carbons (Fsp3) is 0.167. The van der Waals surface area contributed by atoms with E-state index in [9.17, 15) is 4.39 Å². The smallest absolute Gasteiger partial charge is 0.135 e. The number of nitrogens with two attached hydrogens (primary N) is 1. The second kappa shape index (κ2) is 4.30. The van der Waals surface area contributed by atoms with Crippen molar-refractivity contribution in [2.75, 3.05) is 5.73 Å². The van der Waals surface area contributed by atoms with Crippen LogP contribution >= 0.6 is 11.6 Å². The normalized spacial score (nSPS) is 10.6. The largest absolute Gasteiger partial charge is 0.383 e. The molecule has 0 aliphatic heterocycles. The minimum absolute atomic E-state index is 0.238. The van der Waals surface area contributed by atoms with Gasteiger partial charge in [-0.2, -0.15) is 0 Å². The molecule has 17 heavy (non-hydrogen) atoms. The summed E-state index contributed by atoms with van der Waals surface area (Å²) in [5, 5.41) is 0.298. The Morgan fingerprint density at radius 3 is 2.47 bits per heavy atom. The number of nitrogens with zero attached hydrogens (tertiary/aromatic N) is 2. The number of hydrogen-bond donors (Lipinski definition) is 1. The lowest BCUT2D eigenvalue weighted by Crippen LogP contribution is -2.03. The van der Waals surface area contributed by atoms with E-state index in [1.165, 1.54) is 6.07 Å². The van der Waals surface area contributed by atoms with Crippen molar-refractivity contribution in [1.82, 2.24) is 9.97 Å². The van der Waals surface area contributed by atoms with E-state index < -0.39 is 5.82 Å². The standard InChI is InChI=1S/C12H11ClFN3/c1-6-10(12(15)17-7(2)16-6)11-8(13)4-3-5-9(11)14/h3-5H,1-2H3,(H2,15,16,17). The van der Waals surface area contributed by atoms with E-state index in [1.807, 2.05) is 0 Å². The molecule has 0 fully saturated rings. The summed E-state index contributed by atoms with van der Waals surface area (Å²) >= 11 is 6.00. The second-order valence-electron chi connectivity index (χ2n) is 3.71. The molecule has 0 aliphatic carbocycles. The third-order valence-corrected chi connectivity index (χ3v) is 2.76. The molecule has 2 aromatic rings. The van der Waals surface area contributed by atoms with Crippen molar-refractivity contribution in [3.63, 3.8) is 0 Å². The Balaban J connectivity index is 2.77. The van der Waals surface area contributed by atoms with E-state index in [4.69, 9.17) is 17.3 Å². The monoisotopic (exact) mass is 251 g/mol. The highest BCUT2D eigenvalue weighted by Crippen LogP contribution is 2.35. The molecule has 1 aromatic carbocycles. The van der Waals surface area contributed by atoms with Crippen molar-refractivity contribution in [3.8, 4) is 11.1 Å². The summed E-state index contributed by atoms with van der Waals surface area (Å²) in [4.78, 5) is 8.21. The Labute approximate surface area is 103 Å². The molecule has 88 valence electrons. The summed E-state index contributed by atoms with van der Waals surface area (Å²) in [6.45, 7) is 3.49. The lowest BCUT2D eigenvalue weighted by molar-refractivity contribution is 0.631. The van der Waals surface area contributed by atoms with Crippen molar-refractivity contribution in [2.24, 2.45) is 0 Å². The van der Waals surface area contributed by atoms with Gasteiger partial charge in [0.2, 0.25) is 0 Å². The summed E-state index contributed by atoms with van der Waals surface area (Å²) in [5.74, 6) is 0.359. The number of benzene rings is 1. The zero-order valence-electron chi connectivity index (χ0n) is 9.46. The van der Waals surface area contributed by atoms with E-state index in [0.717, 1.165) is 0 Å². The number of aromatic nitrogens is 2. The minimum atomic E-state index is -0.431. The van der Waals surface area contributed by atoms with Crippen molar-refractivity contribution in [2.45, 2.75) is 13.8 Å². The summed E-state index contributed by atoms with van der Waals surface area (Å²) in [5.41, 5.74) is 7.14. The van der Waals surface area contributed by atoms with Crippen LogP contribution in [0.15, 0.2) is 18.2 Å². The van der Waals surface area contributed by atoms with Crippen LogP contribution in [0.25, 0.3) is 11.1 Å². The molecule has 0 saturated heterocycles. The number of halogens is 2. The fourth-order valence-corrected chi connectivity index (χ4v) is 2.04. The Kier molecular flexibility index (Phi) is 2.98. The first kappa shape index (κ1) is 11.8. The maximum absolute atomic E-state index is 13.8. The van der Waals surface area contributed by atoms with E-state index in [-0.39, 0.29) is 11.4 Å². The topological polar surface area (TPSA) is 51.8 Å². The summed E-state index contributed by atoms with van der Waals surface area (Å²) in [6.07, 6.45) is 0. The molecule has 0 aliphatic rings. The van der Waals surface area contributed by atoms with Gasteiger partial charge in [0.25, 0.3) is 0 Å². The number of rotatable bonds is 1. The highest BCUT2D eigenvalue weighted by atomic mass is 35.5. The van der Waals surface area contributed by atoms with E-state index in [1.54, 1.807) is 26.0 Å². The third-order valence-electron chi connectivity index (χ3n) is 2.44. The average molecular weight is 252 g/mol. The molecule has 0 bridgehead atoms. The van der Waals surface area contributed by atoms with Gasteiger partial charge in [0, 0.05) is 11.1 Å². The van der Waals surface area contributed by atoms with Gasteiger partial charge in [0.15, 0.2) is 0 Å². The predicted molar refractivity (Wildman–Crippen MR) is 66.3 cm³/mol. The van der Waals surface area contributed by atoms with Gasteiger partial charge in [-0.1, -0.05) is 17.7 Å². The van der Waals surface area contributed by atoms with Crippen molar-refractivity contribution < 1.29 is 4.39 Å². The molecular weight excluding hydrogens is 241 g/mol. The van der Waals surface area contributed by atoms with Crippen LogP contribution in [0.1, 0.15) is 11.5 Å². The maximum Gasteiger partial charge on any atom is 0.135 e. The van der Waals surface area contributed by atoms with Gasteiger partial charge in [-0.25, -0.2) is 14.4 Å². The second-order valence-corrected chi connectivity index (χ2v) is 4.12. The van der Waals surface area contributed by atoms with E-state index in [2.05, 4.69) is 9.97 Å². The first-order chi connectivity index (χ1) is 8.00. The van der Waals surface area contributed by atoms with E-state index >= 15 is 0 Å². The summed E-state index contributed by atoms with van der Waals surface area (Å²) in [6, 6.07) is 4.49. The van der Waals surface area contributed by atoms with Gasteiger partial charge in [0.1, 0.15) is 17.5 Å². The number of hydrogen-bond acceptors (Lipinski definition) is 3. The van der Waals surface area contributed by atoms with Crippen LogP contribution in [-0.2, 0) is 0 Å². The number of nitrogen functional groups attached to an aromatic ring is 1. The molecule has 0 amide bonds. The van der Waals surface area contributed by atoms with Crippen LogP contribution in [0.4, 0.5) is 10.2 Å². The molecule has 2 N–H and O–H groups in total. The molecule has 2 rings (SSSR count). The van der Waals surface area contributed by atoms with Crippen molar-refractivity contribution >= 4 is 17.4 Å². The molecule has 3 nitrogen and oxygen atoms in total. The molecule has 0 atom stereocenters.